The van der Waals surface area contributed by atoms with Crippen LogP contribution in [0.25, 0.3) is 0 Å². The molecule has 0 aromatic carbocycles. The Hall–Kier alpha value is -1.91. The summed E-state index contributed by atoms with van der Waals surface area (Å²) in [6.45, 7) is 3.14. The number of fused-ring (bicyclic) bond motifs is 2. The van der Waals surface area contributed by atoms with Crippen LogP contribution in [0.5, 0.6) is 0 Å². The lowest BCUT2D eigenvalue weighted by atomic mass is 9.95. The zero-order valence-electron chi connectivity index (χ0n) is 18.3. The van der Waals surface area contributed by atoms with Crippen molar-refractivity contribution in [3.05, 3.63) is 0 Å². The summed E-state index contributed by atoms with van der Waals surface area (Å²) in [4.78, 5) is 34.9. The number of nitrogens with one attached hydrogen (secondary N) is 2. The smallest absolute Gasteiger partial charge is 0.332 e. The number of rotatable bonds is 8. The SMILES string of the molecule is CC(=O)NC1C(OC2C3COC(O3)C(NC(C)=O)C2OC(C)C(=O)O)OC(CO)C(O)C1O. The van der Waals surface area contributed by atoms with Gasteiger partial charge in [-0.25, -0.2) is 4.79 Å². The van der Waals surface area contributed by atoms with Crippen LogP contribution >= 0.6 is 0 Å². The minimum absolute atomic E-state index is 0.0266. The van der Waals surface area contributed by atoms with Gasteiger partial charge in [0.2, 0.25) is 11.8 Å². The van der Waals surface area contributed by atoms with Gasteiger partial charge in [0.05, 0.1) is 13.2 Å². The standard InChI is InChI=1S/C19H30N2O12/c1-6(17(27)28)30-16-12(21-8(3)24)18-29-5-10(32-18)15(16)33-19-11(20-7(2)23)14(26)13(25)9(4-22)31-19/h6,9-16,18-19,22,25-26H,4-5H2,1-3H3,(H,20,23)(H,21,24)(H,27,28). The summed E-state index contributed by atoms with van der Waals surface area (Å²) in [6.07, 6.45) is -10.8. The van der Waals surface area contributed by atoms with Gasteiger partial charge in [0.1, 0.15) is 48.7 Å². The van der Waals surface area contributed by atoms with Gasteiger partial charge in [0.15, 0.2) is 18.7 Å². The zero-order valence-corrected chi connectivity index (χ0v) is 18.3. The van der Waals surface area contributed by atoms with E-state index in [0.29, 0.717) is 0 Å². The number of aliphatic hydroxyl groups is 3. The van der Waals surface area contributed by atoms with E-state index in [1.54, 1.807) is 0 Å². The molecule has 3 aliphatic rings. The average molecular weight is 478 g/mol. The van der Waals surface area contributed by atoms with Crippen molar-refractivity contribution < 1.29 is 58.5 Å². The first-order valence-electron chi connectivity index (χ1n) is 10.5. The summed E-state index contributed by atoms with van der Waals surface area (Å²) < 4.78 is 28.7. The van der Waals surface area contributed by atoms with Crippen LogP contribution in [0.4, 0.5) is 0 Å². The van der Waals surface area contributed by atoms with Crippen molar-refractivity contribution >= 4 is 17.8 Å². The zero-order chi connectivity index (χ0) is 24.4. The Morgan fingerprint density at radius 2 is 1.67 bits per heavy atom. The molecule has 0 aliphatic carbocycles. The molecule has 33 heavy (non-hydrogen) atoms. The third-order valence-electron chi connectivity index (χ3n) is 5.69. The third-order valence-corrected chi connectivity index (χ3v) is 5.69. The lowest BCUT2D eigenvalue weighted by Gasteiger charge is -2.46. The highest BCUT2D eigenvalue weighted by atomic mass is 16.8. The van der Waals surface area contributed by atoms with Gasteiger partial charge in [0.25, 0.3) is 0 Å². The van der Waals surface area contributed by atoms with Crippen molar-refractivity contribution in [2.45, 2.75) is 88.2 Å². The van der Waals surface area contributed by atoms with Crippen LogP contribution in [0.2, 0.25) is 0 Å². The molecule has 2 amide bonds. The van der Waals surface area contributed by atoms with Crippen molar-refractivity contribution in [1.29, 1.82) is 0 Å². The number of aliphatic hydroxyl groups excluding tert-OH is 3. The highest BCUT2D eigenvalue weighted by Crippen LogP contribution is 2.35. The average Bonchev–Trinajstić information content (AvgIpc) is 3.18. The molecule has 14 heteroatoms. The molecule has 0 saturated carbocycles. The van der Waals surface area contributed by atoms with Gasteiger partial charge in [-0.05, 0) is 6.92 Å². The van der Waals surface area contributed by atoms with E-state index in [1.165, 1.54) is 20.8 Å². The fourth-order valence-corrected chi connectivity index (χ4v) is 4.12. The number of aliphatic carboxylic acids is 1. The molecule has 11 unspecified atom stereocenters. The predicted octanol–water partition coefficient (Wildman–Crippen LogP) is -3.57. The van der Waals surface area contributed by atoms with Gasteiger partial charge in [-0.3, -0.25) is 9.59 Å². The van der Waals surface area contributed by atoms with Crippen LogP contribution in [-0.4, -0.2) is 119 Å². The van der Waals surface area contributed by atoms with Gasteiger partial charge >= 0.3 is 5.97 Å². The highest BCUT2D eigenvalue weighted by molar-refractivity contribution is 5.74. The second-order valence-corrected chi connectivity index (χ2v) is 8.22. The maximum atomic E-state index is 11.8. The molecule has 11 atom stereocenters. The van der Waals surface area contributed by atoms with Crippen molar-refractivity contribution in [3.8, 4) is 0 Å². The molecule has 6 N–H and O–H groups in total. The number of carboxylic acids is 1. The summed E-state index contributed by atoms with van der Waals surface area (Å²) >= 11 is 0. The maximum Gasteiger partial charge on any atom is 0.332 e. The summed E-state index contributed by atoms with van der Waals surface area (Å²) in [5, 5.41) is 44.6. The summed E-state index contributed by atoms with van der Waals surface area (Å²) in [5.41, 5.74) is 0. The van der Waals surface area contributed by atoms with E-state index in [0.717, 1.165) is 0 Å². The molecule has 188 valence electrons. The van der Waals surface area contributed by atoms with Crippen molar-refractivity contribution in [2.75, 3.05) is 13.2 Å². The molecule has 3 fully saturated rings. The van der Waals surface area contributed by atoms with Crippen molar-refractivity contribution in [3.63, 3.8) is 0 Å². The second-order valence-electron chi connectivity index (χ2n) is 8.22. The molecule has 0 radical (unpaired) electrons. The topological polar surface area (TPSA) is 202 Å². The number of carbonyl (C=O) groups excluding carboxylic acids is 2. The largest absolute Gasteiger partial charge is 0.479 e. The second kappa shape index (κ2) is 10.6. The Labute approximate surface area is 189 Å². The third kappa shape index (κ3) is 5.60. The van der Waals surface area contributed by atoms with Gasteiger partial charge in [-0.15, -0.1) is 0 Å². The van der Waals surface area contributed by atoms with Crippen LogP contribution < -0.4 is 10.6 Å². The van der Waals surface area contributed by atoms with Crippen LogP contribution in [0.3, 0.4) is 0 Å². The molecular weight excluding hydrogens is 448 g/mol. The molecule has 3 aliphatic heterocycles. The van der Waals surface area contributed by atoms with E-state index < -0.39 is 91.8 Å². The first kappa shape index (κ1) is 25.7. The lowest BCUT2D eigenvalue weighted by Crippen LogP contribution is -2.68. The van der Waals surface area contributed by atoms with Crippen LogP contribution in [-0.2, 0) is 38.1 Å². The normalized spacial score (nSPS) is 41.3. The quantitative estimate of drug-likeness (QED) is 0.201. The molecule has 3 rings (SSSR count). The van der Waals surface area contributed by atoms with Crippen LogP contribution in [0, 0.1) is 0 Å². The van der Waals surface area contributed by atoms with E-state index in [-0.39, 0.29) is 6.61 Å². The molecule has 2 bridgehead atoms. The van der Waals surface area contributed by atoms with E-state index >= 15 is 0 Å². The first-order valence-corrected chi connectivity index (χ1v) is 10.5. The number of hydrogen-bond donors (Lipinski definition) is 6. The summed E-state index contributed by atoms with van der Waals surface area (Å²) in [5.74, 6) is -2.24. The molecule has 0 aromatic heterocycles. The molecule has 3 saturated heterocycles. The minimum Gasteiger partial charge on any atom is -0.479 e. The highest BCUT2D eigenvalue weighted by Gasteiger charge is 2.56. The van der Waals surface area contributed by atoms with E-state index in [2.05, 4.69) is 10.6 Å². The number of ether oxygens (including phenoxy) is 5. The Balaban J connectivity index is 1.91. The van der Waals surface area contributed by atoms with Gasteiger partial charge < -0.3 is 54.7 Å². The van der Waals surface area contributed by atoms with Crippen molar-refractivity contribution in [2.24, 2.45) is 0 Å². The molecular formula is C19H30N2O12. The van der Waals surface area contributed by atoms with Crippen LogP contribution in [0.15, 0.2) is 0 Å². The Kier molecular flexibility index (Phi) is 8.23. The van der Waals surface area contributed by atoms with E-state index in [1.807, 2.05) is 0 Å². The fraction of sp³-hybridized carbons (Fsp3) is 0.842. The number of amides is 2. The Morgan fingerprint density at radius 3 is 2.24 bits per heavy atom. The Morgan fingerprint density at radius 1 is 1.03 bits per heavy atom. The Bertz CT molecular complexity index is 738. The predicted molar refractivity (Wildman–Crippen MR) is 104 cm³/mol. The number of carbonyl (C=O) groups is 3. The van der Waals surface area contributed by atoms with Gasteiger partial charge in [-0.2, -0.15) is 0 Å². The molecule has 0 aromatic rings. The van der Waals surface area contributed by atoms with Gasteiger partial charge in [0, 0.05) is 13.8 Å². The summed E-state index contributed by atoms with van der Waals surface area (Å²) in [6, 6.07) is -2.18. The van der Waals surface area contributed by atoms with E-state index in [9.17, 15) is 34.8 Å². The molecule has 14 nitrogen and oxygen atoms in total. The molecule has 3 heterocycles. The monoisotopic (exact) mass is 478 g/mol. The minimum atomic E-state index is -1.55. The molecule has 0 spiro atoms. The first-order chi connectivity index (χ1) is 15.5. The maximum absolute atomic E-state index is 11.8. The number of hydrogen-bond acceptors (Lipinski definition) is 11. The van der Waals surface area contributed by atoms with Gasteiger partial charge in [-0.1, -0.05) is 0 Å². The fourth-order valence-electron chi connectivity index (χ4n) is 4.12. The summed E-state index contributed by atoms with van der Waals surface area (Å²) in [7, 11) is 0. The lowest BCUT2D eigenvalue weighted by molar-refractivity contribution is -0.313. The van der Waals surface area contributed by atoms with Crippen molar-refractivity contribution in [1.82, 2.24) is 10.6 Å². The van der Waals surface area contributed by atoms with Crippen LogP contribution in [0.1, 0.15) is 20.8 Å². The van der Waals surface area contributed by atoms with E-state index in [4.69, 9.17) is 23.7 Å². The number of carboxylic acid groups (broad SMARTS) is 1.